The van der Waals surface area contributed by atoms with Crippen LogP contribution >= 0.6 is 11.3 Å². The number of methoxy groups -OCH3 is 1. The zero-order valence-corrected chi connectivity index (χ0v) is 19.1. The SMILES string of the molecule is COc1ccc(CNC(=O)CNc2cccc(C(=O)N3CCc4sccc4C3)c2C)cc1. The van der Waals surface area contributed by atoms with Crippen molar-refractivity contribution in [2.75, 3.05) is 25.5 Å². The predicted octanol–water partition coefficient (Wildman–Crippen LogP) is 3.99. The number of amides is 2. The fourth-order valence-corrected chi connectivity index (χ4v) is 4.72. The molecule has 0 unspecified atom stereocenters. The maximum Gasteiger partial charge on any atom is 0.254 e. The van der Waals surface area contributed by atoms with E-state index in [1.807, 2.05) is 54.3 Å². The molecule has 0 spiro atoms. The normalized spacial score (nSPS) is 12.8. The first kappa shape index (κ1) is 21.9. The third-order valence-corrected chi connectivity index (χ3v) is 6.77. The molecule has 0 radical (unpaired) electrons. The minimum atomic E-state index is -0.113. The molecule has 2 heterocycles. The van der Waals surface area contributed by atoms with Gasteiger partial charge in [0, 0.05) is 35.8 Å². The van der Waals surface area contributed by atoms with Crippen LogP contribution in [0.25, 0.3) is 0 Å². The summed E-state index contributed by atoms with van der Waals surface area (Å²) >= 11 is 1.76. The van der Waals surface area contributed by atoms with Gasteiger partial charge in [-0.2, -0.15) is 0 Å². The van der Waals surface area contributed by atoms with Gasteiger partial charge in [-0.1, -0.05) is 18.2 Å². The highest BCUT2D eigenvalue weighted by Crippen LogP contribution is 2.27. The number of fused-ring (bicyclic) bond motifs is 1. The molecule has 2 aromatic carbocycles. The number of benzene rings is 2. The Morgan fingerprint density at radius 3 is 2.72 bits per heavy atom. The molecule has 0 aliphatic carbocycles. The molecule has 3 aromatic rings. The number of hydrogen-bond acceptors (Lipinski definition) is 5. The summed E-state index contributed by atoms with van der Waals surface area (Å²) in [7, 11) is 1.62. The molecule has 7 heteroatoms. The van der Waals surface area contributed by atoms with Crippen molar-refractivity contribution in [2.45, 2.75) is 26.4 Å². The third-order valence-electron chi connectivity index (χ3n) is 5.75. The molecule has 1 aromatic heterocycles. The number of thiophene rings is 1. The quantitative estimate of drug-likeness (QED) is 0.572. The van der Waals surface area contributed by atoms with E-state index >= 15 is 0 Å². The summed E-state index contributed by atoms with van der Waals surface area (Å²) in [6, 6.07) is 15.3. The molecule has 2 N–H and O–H groups in total. The van der Waals surface area contributed by atoms with E-state index in [4.69, 9.17) is 4.74 Å². The van der Waals surface area contributed by atoms with Gasteiger partial charge in [-0.05, 0) is 65.7 Å². The van der Waals surface area contributed by atoms with Crippen LogP contribution in [0, 0.1) is 6.92 Å². The van der Waals surface area contributed by atoms with Crippen molar-refractivity contribution in [1.29, 1.82) is 0 Å². The molecule has 32 heavy (non-hydrogen) atoms. The van der Waals surface area contributed by atoms with E-state index < -0.39 is 0 Å². The topological polar surface area (TPSA) is 70.7 Å². The second kappa shape index (κ2) is 9.87. The van der Waals surface area contributed by atoms with Crippen LogP contribution in [0.5, 0.6) is 5.75 Å². The van der Waals surface area contributed by atoms with Gasteiger partial charge in [0.05, 0.1) is 13.7 Å². The second-order valence-electron chi connectivity index (χ2n) is 7.80. The van der Waals surface area contributed by atoms with Gasteiger partial charge >= 0.3 is 0 Å². The van der Waals surface area contributed by atoms with Gasteiger partial charge in [0.25, 0.3) is 5.91 Å². The molecule has 0 atom stereocenters. The lowest BCUT2D eigenvalue weighted by atomic mass is 10.0. The largest absolute Gasteiger partial charge is 0.497 e. The molecule has 166 valence electrons. The molecular formula is C25H27N3O3S. The maximum atomic E-state index is 13.2. The molecule has 1 aliphatic rings. The van der Waals surface area contributed by atoms with E-state index in [9.17, 15) is 9.59 Å². The van der Waals surface area contributed by atoms with E-state index in [1.54, 1.807) is 18.4 Å². The van der Waals surface area contributed by atoms with Crippen molar-refractivity contribution < 1.29 is 14.3 Å². The van der Waals surface area contributed by atoms with E-state index in [-0.39, 0.29) is 18.4 Å². The van der Waals surface area contributed by atoms with E-state index in [0.717, 1.165) is 35.5 Å². The Morgan fingerprint density at radius 2 is 1.94 bits per heavy atom. The Morgan fingerprint density at radius 1 is 1.12 bits per heavy atom. The number of rotatable bonds is 7. The van der Waals surface area contributed by atoms with Gasteiger partial charge in [-0.25, -0.2) is 0 Å². The lowest BCUT2D eigenvalue weighted by molar-refractivity contribution is -0.119. The first-order chi connectivity index (χ1) is 15.5. The van der Waals surface area contributed by atoms with Crippen molar-refractivity contribution >= 4 is 28.8 Å². The first-order valence-electron chi connectivity index (χ1n) is 10.6. The van der Waals surface area contributed by atoms with Crippen molar-refractivity contribution in [3.05, 3.63) is 81.0 Å². The molecule has 0 saturated heterocycles. The predicted molar refractivity (Wildman–Crippen MR) is 127 cm³/mol. The van der Waals surface area contributed by atoms with E-state index in [2.05, 4.69) is 22.1 Å². The van der Waals surface area contributed by atoms with Crippen LogP contribution in [0.3, 0.4) is 0 Å². The molecule has 0 saturated carbocycles. The summed E-state index contributed by atoms with van der Waals surface area (Å²) in [6.07, 6.45) is 0.907. The lowest BCUT2D eigenvalue weighted by Gasteiger charge is -2.28. The number of carbonyl (C=O) groups excluding carboxylic acids is 2. The molecular weight excluding hydrogens is 422 g/mol. The number of hydrogen-bond donors (Lipinski definition) is 2. The highest BCUT2D eigenvalue weighted by atomic mass is 32.1. The van der Waals surface area contributed by atoms with Crippen molar-refractivity contribution in [3.8, 4) is 5.75 Å². The highest BCUT2D eigenvalue weighted by Gasteiger charge is 2.24. The standard InChI is InChI=1S/C25H27N3O3S/c1-17-21(25(30)28-12-10-23-19(16-28)11-13-32-23)4-3-5-22(17)26-15-24(29)27-14-18-6-8-20(31-2)9-7-18/h3-9,11,13,26H,10,12,14-16H2,1-2H3,(H,27,29). The van der Waals surface area contributed by atoms with Crippen molar-refractivity contribution in [3.63, 3.8) is 0 Å². The van der Waals surface area contributed by atoms with E-state index in [1.165, 1.54) is 10.4 Å². The van der Waals surface area contributed by atoms with Crippen LogP contribution < -0.4 is 15.4 Å². The average molecular weight is 450 g/mol. The summed E-state index contributed by atoms with van der Waals surface area (Å²) in [5.41, 5.74) is 4.57. The number of carbonyl (C=O) groups is 2. The van der Waals surface area contributed by atoms with Crippen LogP contribution in [-0.2, 0) is 24.3 Å². The fraction of sp³-hybridized carbons (Fsp3) is 0.280. The molecule has 0 bridgehead atoms. The van der Waals surface area contributed by atoms with Crippen LogP contribution in [-0.4, -0.2) is 36.9 Å². The maximum absolute atomic E-state index is 13.2. The number of nitrogens with zero attached hydrogens (tertiary/aromatic N) is 1. The molecule has 2 amide bonds. The van der Waals surface area contributed by atoms with Gasteiger partial charge in [0.15, 0.2) is 0 Å². The van der Waals surface area contributed by atoms with Crippen LogP contribution in [0.15, 0.2) is 53.9 Å². The Balaban J connectivity index is 1.34. The summed E-state index contributed by atoms with van der Waals surface area (Å²) < 4.78 is 5.15. The Labute approximate surface area is 192 Å². The van der Waals surface area contributed by atoms with Crippen LogP contribution in [0.1, 0.15) is 31.9 Å². The zero-order valence-electron chi connectivity index (χ0n) is 18.3. The number of ether oxygens (including phenoxy) is 1. The van der Waals surface area contributed by atoms with Gasteiger partial charge in [0.1, 0.15) is 5.75 Å². The fourth-order valence-electron chi connectivity index (χ4n) is 3.83. The number of anilines is 1. The molecule has 1 aliphatic heterocycles. The van der Waals surface area contributed by atoms with Crippen molar-refractivity contribution in [1.82, 2.24) is 10.2 Å². The summed E-state index contributed by atoms with van der Waals surface area (Å²) in [6.45, 7) is 3.89. The second-order valence-corrected chi connectivity index (χ2v) is 8.80. The van der Waals surface area contributed by atoms with Gasteiger partial charge in [0.2, 0.25) is 5.91 Å². The van der Waals surface area contributed by atoms with Gasteiger partial charge in [-0.15, -0.1) is 11.3 Å². The minimum Gasteiger partial charge on any atom is -0.497 e. The molecule has 6 nitrogen and oxygen atoms in total. The Hall–Kier alpha value is -3.32. The Kier molecular flexibility index (Phi) is 6.75. The lowest BCUT2D eigenvalue weighted by Crippen LogP contribution is -2.35. The summed E-state index contributed by atoms with van der Waals surface area (Å²) in [4.78, 5) is 28.8. The smallest absolute Gasteiger partial charge is 0.254 e. The Bertz CT molecular complexity index is 1110. The molecule has 4 rings (SSSR count). The van der Waals surface area contributed by atoms with E-state index in [0.29, 0.717) is 18.7 Å². The zero-order chi connectivity index (χ0) is 22.5. The van der Waals surface area contributed by atoms with Crippen LogP contribution in [0.4, 0.5) is 5.69 Å². The summed E-state index contributed by atoms with van der Waals surface area (Å²) in [5.74, 6) is 0.705. The van der Waals surface area contributed by atoms with Crippen molar-refractivity contribution in [2.24, 2.45) is 0 Å². The third kappa shape index (κ3) is 4.94. The number of nitrogens with one attached hydrogen (secondary N) is 2. The van der Waals surface area contributed by atoms with Gasteiger partial charge < -0.3 is 20.3 Å². The minimum absolute atomic E-state index is 0.0342. The van der Waals surface area contributed by atoms with Gasteiger partial charge in [-0.3, -0.25) is 9.59 Å². The average Bonchev–Trinajstić information content (AvgIpc) is 3.30. The van der Waals surface area contributed by atoms with Crippen LogP contribution in [0.2, 0.25) is 0 Å². The molecule has 0 fully saturated rings. The monoisotopic (exact) mass is 449 g/mol. The summed E-state index contributed by atoms with van der Waals surface area (Å²) in [5, 5.41) is 8.17. The first-order valence-corrected chi connectivity index (χ1v) is 11.5. The highest BCUT2D eigenvalue weighted by molar-refractivity contribution is 7.10.